The van der Waals surface area contributed by atoms with Gasteiger partial charge in [0.15, 0.2) is 0 Å². The van der Waals surface area contributed by atoms with E-state index in [1.807, 2.05) is 0 Å². The van der Waals surface area contributed by atoms with Crippen molar-refractivity contribution in [3.63, 3.8) is 0 Å². The predicted molar refractivity (Wildman–Crippen MR) is 56.7 cm³/mol. The zero-order valence-corrected chi connectivity index (χ0v) is 8.30. The van der Waals surface area contributed by atoms with Crippen LogP contribution in [0.4, 0.5) is 0 Å². The molecule has 78 valence electrons. The number of nitrogens with zero attached hydrogens (tertiary/aromatic N) is 2. The van der Waals surface area contributed by atoms with Crippen LogP contribution < -0.4 is 16.0 Å². The number of fused-ring (bicyclic) bond motifs is 1. The summed E-state index contributed by atoms with van der Waals surface area (Å²) in [6.07, 6.45) is 1.44. The van der Waals surface area contributed by atoms with Crippen LogP contribution in [-0.4, -0.2) is 16.7 Å². The van der Waals surface area contributed by atoms with E-state index >= 15 is 0 Å². The highest BCUT2D eigenvalue weighted by Crippen LogP contribution is 2.15. The summed E-state index contributed by atoms with van der Waals surface area (Å²) in [4.78, 5) is 15.9. The summed E-state index contributed by atoms with van der Waals surface area (Å²) >= 11 is 0. The van der Waals surface area contributed by atoms with Gasteiger partial charge >= 0.3 is 0 Å². The van der Waals surface area contributed by atoms with Crippen molar-refractivity contribution in [1.29, 1.82) is 0 Å². The van der Waals surface area contributed by atoms with Crippen molar-refractivity contribution < 1.29 is 4.74 Å². The van der Waals surface area contributed by atoms with Gasteiger partial charge in [0.05, 0.1) is 31.0 Å². The largest absolute Gasteiger partial charge is 0.497 e. The van der Waals surface area contributed by atoms with E-state index in [4.69, 9.17) is 10.5 Å². The molecule has 0 bridgehead atoms. The maximum absolute atomic E-state index is 11.8. The van der Waals surface area contributed by atoms with Crippen molar-refractivity contribution in [3.8, 4) is 5.75 Å². The lowest BCUT2D eigenvalue weighted by atomic mass is 10.2. The standard InChI is InChI=1S/C10H11N3O2/c1-15-7-2-3-9-8(4-7)10(14)13(5-11)6-12-9/h2-4,6H,5,11H2,1H3. The molecule has 1 aromatic heterocycles. The van der Waals surface area contributed by atoms with E-state index in [0.29, 0.717) is 16.7 Å². The number of methoxy groups -OCH3 is 1. The summed E-state index contributed by atoms with van der Waals surface area (Å²) < 4.78 is 6.39. The molecule has 2 aromatic rings. The Morgan fingerprint density at radius 2 is 2.33 bits per heavy atom. The molecule has 5 nitrogen and oxygen atoms in total. The Morgan fingerprint density at radius 3 is 3.00 bits per heavy atom. The second-order valence-electron chi connectivity index (χ2n) is 3.09. The fourth-order valence-corrected chi connectivity index (χ4v) is 1.40. The third-order valence-corrected chi connectivity index (χ3v) is 2.23. The Balaban J connectivity index is 2.78. The maximum atomic E-state index is 11.8. The van der Waals surface area contributed by atoms with E-state index in [9.17, 15) is 4.79 Å². The molecule has 0 amide bonds. The molecule has 2 N–H and O–H groups in total. The van der Waals surface area contributed by atoms with Crippen LogP contribution in [0.2, 0.25) is 0 Å². The Bertz CT molecular complexity index is 543. The van der Waals surface area contributed by atoms with Gasteiger partial charge in [0.1, 0.15) is 5.75 Å². The van der Waals surface area contributed by atoms with Crippen LogP contribution in [0.5, 0.6) is 5.75 Å². The Hall–Kier alpha value is -1.88. The van der Waals surface area contributed by atoms with Gasteiger partial charge in [-0.3, -0.25) is 9.36 Å². The Morgan fingerprint density at radius 1 is 1.53 bits per heavy atom. The lowest BCUT2D eigenvalue weighted by Crippen LogP contribution is -2.24. The number of aromatic nitrogens is 2. The van der Waals surface area contributed by atoms with Crippen molar-refractivity contribution in [2.45, 2.75) is 6.67 Å². The minimum atomic E-state index is -0.151. The SMILES string of the molecule is COc1ccc2ncn(CN)c(=O)c2c1. The van der Waals surface area contributed by atoms with E-state index in [-0.39, 0.29) is 12.2 Å². The number of benzene rings is 1. The van der Waals surface area contributed by atoms with E-state index in [2.05, 4.69) is 4.98 Å². The van der Waals surface area contributed by atoms with Crippen molar-refractivity contribution in [2.75, 3.05) is 7.11 Å². The summed E-state index contributed by atoms with van der Waals surface area (Å²) in [5, 5.41) is 0.516. The second kappa shape index (κ2) is 3.70. The monoisotopic (exact) mass is 205 g/mol. The number of hydrogen-bond donors (Lipinski definition) is 1. The molecule has 15 heavy (non-hydrogen) atoms. The van der Waals surface area contributed by atoms with Gasteiger partial charge in [-0.1, -0.05) is 0 Å². The van der Waals surface area contributed by atoms with E-state index < -0.39 is 0 Å². The summed E-state index contributed by atoms with van der Waals surface area (Å²) in [5.74, 6) is 0.635. The number of hydrogen-bond acceptors (Lipinski definition) is 4. The van der Waals surface area contributed by atoms with Crippen molar-refractivity contribution >= 4 is 10.9 Å². The molecule has 5 heteroatoms. The predicted octanol–water partition coefficient (Wildman–Crippen LogP) is 0.321. The first-order chi connectivity index (χ1) is 7.26. The molecule has 0 saturated heterocycles. The average molecular weight is 205 g/mol. The maximum Gasteiger partial charge on any atom is 0.262 e. The third-order valence-electron chi connectivity index (χ3n) is 2.23. The van der Waals surface area contributed by atoms with Gasteiger partial charge < -0.3 is 10.5 Å². The third kappa shape index (κ3) is 1.57. The molecule has 0 fully saturated rings. The quantitative estimate of drug-likeness (QED) is 0.766. The van der Waals surface area contributed by atoms with Crippen molar-refractivity contribution in [1.82, 2.24) is 9.55 Å². The molecule has 0 aliphatic heterocycles. The second-order valence-corrected chi connectivity index (χ2v) is 3.09. The molecule has 1 heterocycles. The molecule has 0 aliphatic carbocycles. The minimum Gasteiger partial charge on any atom is -0.497 e. The van der Waals surface area contributed by atoms with Gasteiger partial charge in [0, 0.05) is 0 Å². The lowest BCUT2D eigenvalue weighted by molar-refractivity contribution is 0.415. The average Bonchev–Trinajstić information content (AvgIpc) is 2.29. The van der Waals surface area contributed by atoms with Crippen LogP contribution >= 0.6 is 0 Å². The lowest BCUT2D eigenvalue weighted by Gasteiger charge is -2.04. The summed E-state index contributed by atoms with van der Waals surface area (Å²) in [7, 11) is 1.55. The minimum absolute atomic E-state index is 0.124. The van der Waals surface area contributed by atoms with Crippen LogP contribution in [0, 0.1) is 0 Å². The van der Waals surface area contributed by atoms with Gasteiger partial charge in [-0.15, -0.1) is 0 Å². The molecule has 0 spiro atoms. The topological polar surface area (TPSA) is 70.1 Å². The first-order valence-corrected chi connectivity index (χ1v) is 4.49. The summed E-state index contributed by atoms with van der Waals surface area (Å²) in [6.45, 7) is 0.124. The molecule has 0 atom stereocenters. The molecule has 0 radical (unpaired) electrons. The van der Waals surface area contributed by atoms with Crippen LogP contribution in [0.25, 0.3) is 10.9 Å². The smallest absolute Gasteiger partial charge is 0.262 e. The zero-order valence-electron chi connectivity index (χ0n) is 8.30. The highest BCUT2D eigenvalue weighted by atomic mass is 16.5. The molecule has 2 rings (SSSR count). The van der Waals surface area contributed by atoms with Gasteiger partial charge in [-0.25, -0.2) is 4.98 Å². The first kappa shape index (κ1) is 9.67. The van der Waals surface area contributed by atoms with Gasteiger partial charge in [-0.05, 0) is 18.2 Å². The zero-order chi connectivity index (χ0) is 10.8. The normalized spacial score (nSPS) is 10.5. The summed E-state index contributed by atoms with van der Waals surface area (Å²) in [6, 6.07) is 5.18. The van der Waals surface area contributed by atoms with Gasteiger partial charge in [-0.2, -0.15) is 0 Å². The van der Waals surface area contributed by atoms with Crippen molar-refractivity contribution in [3.05, 3.63) is 34.9 Å². The Labute approximate surface area is 86.1 Å². The van der Waals surface area contributed by atoms with E-state index in [0.717, 1.165) is 0 Å². The number of rotatable bonds is 2. The highest BCUT2D eigenvalue weighted by molar-refractivity contribution is 5.78. The van der Waals surface area contributed by atoms with E-state index in [1.54, 1.807) is 25.3 Å². The van der Waals surface area contributed by atoms with Gasteiger partial charge in [0.25, 0.3) is 5.56 Å². The first-order valence-electron chi connectivity index (χ1n) is 4.49. The molecular weight excluding hydrogens is 194 g/mol. The molecule has 0 aliphatic rings. The van der Waals surface area contributed by atoms with Gasteiger partial charge in [0.2, 0.25) is 0 Å². The van der Waals surface area contributed by atoms with Crippen LogP contribution in [0.15, 0.2) is 29.3 Å². The molecule has 0 saturated carbocycles. The number of nitrogens with two attached hydrogens (primary N) is 1. The molecule has 0 unspecified atom stereocenters. The Kier molecular flexibility index (Phi) is 2.39. The fraction of sp³-hybridized carbons (Fsp3) is 0.200. The summed E-state index contributed by atoms with van der Waals surface area (Å²) in [5.41, 5.74) is 5.90. The van der Waals surface area contributed by atoms with Crippen molar-refractivity contribution in [2.24, 2.45) is 5.73 Å². The van der Waals surface area contributed by atoms with Crippen LogP contribution in [0.1, 0.15) is 0 Å². The fourth-order valence-electron chi connectivity index (χ4n) is 1.40. The molecule has 1 aromatic carbocycles. The van der Waals surface area contributed by atoms with Crippen LogP contribution in [0.3, 0.4) is 0 Å². The highest BCUT2D eigenvalue weighted by Gasteiger charge is 2.03. The van der Waals surface area contributed by atoms with Crippen LogP contribution in [-0.2, 0) is 6.67 Å². The van der Waals surface area contributed by atoms with E-state index in [1.165, 1.54) is 10.9 Å². The molecular formula is C10H11N3O2. The number of ether oxygens (including phenoxy) is 1.